The van der Waals surface area contributed by atoms with E-state index in [9.17, 15) is 9.90 Å². The number of hydrogen-bond donors (Lipinski definition) is 2. The van der Waals surface area contributed by atoms with Crippen LogP contribution in [0.15, 0.2) is 48.9 Å². The molecule has 2 aromatic heterocycles. The minimum Gasteiger partial charge on any atom is -0.465 e. The predicted molar refractivity (Wildman–Crippen MR) is 108 cm³/mol. The highest BCUT2D eigenvalue weighted by Crippen LogP contribution is 2.37. The first-order valence-corrected chi connectivity index (χ1v) is 9.93. The molecule has 0 radical (unpaired) electrons. The molecule has 0 bridgehead atoms. The van der Waals surface area contributed by atoms with Crippen LogP contribution in [0.4, 0.5) is 4.79 Å². The minimum atomic E-state index is -0.940. The van der Waals surface area contributed by atoms with E-state index >= 15 is 0 Å². The first kappa shape index (κ1) is 18.5. The third kappa shape index (κ3) is 3.86. The fraction of sp³-hybridized carbons (Fsp3) is 0.409. The highest BCUT2D eigenvalue weighted by molar-refractivity contribution is 5.65. The number of nitrogens with one attached hydrogen (secondary N) is 1. The lowest BCUT2D eigenvalue weighted by Gasteiger charge is -2.33. The normalized spacial score (nSPS) is 20.8. The third-order valence-corrected chi connectivity index (χ3v) is 5.99. The lowest BCUT2D eigenvalue weighted by molar-refractivity contribution is 0.176. The number of nitrogens with zero attached hydrogens (tertiary/aromatic N) is 3. The maximum Gasteiger partial charge on any atom is 0.404 e. The number of rotatable bonds is 5. The molecule has 1 atom stereocenters. The molecular weight excluding hydrogens is 352 g/mol. The number of hydrogen-bond acceptors (Lipinski definition) is 3. The summed E-state index contributed by atoms with van der Waals surface area (Å²) in [4.78, 5) is 20.4. The number of carboxylic acid groups (broad SMARTS) is 1. The number of amides is 1. The van der Waals surface area contributed by atoms with E-state index in [0.717, 1.165) is 49.1 Å². The molecule has 146 valence electrons. The summed E-state index contributed by atoms with van der Waals surface area (Å²) in [6.07, 6.45) is 9.57. The van der Waals surface area contributed by atoms with Crippen molar-refractivity contribution in [3.05, 3.63) is 66.0 Å². The molecule has 1 fully saturated rings. The van der Waals surface area contributed by atoms with Crippen molar-refractivity contribution in [2.24, 2.45) is 5.92 Å². The topological polar surface area (TPSA) is 79.5 Å². The molecule has 28 heavy (non-hydrogen) atoms. The molecule has 0 aliphatic heterocycles. The molecule has 1 aliphatic carbocycles. The summed E-state index contributed by atoms with van der Waals surface area (Å²) >= 11 is 0. The molecule has 1 unspecified atom stereocenters. The van der Waals surface area contributed by atoms with Crippen molar-refractivity contribution >= 4 is 11.6 Å². The average molecular weight is 378 g/mol. The Bertz CT molecular complexity index is 946. The van der Waals surface area contributed by atoms with E-state index in [2.05, 4.69) is 31.8 Å². The number of carbonyl (C=O) groups is 1. The summed E-state index contributed by atoms with van der Waals surface area (Å²) in [6.45, 7) is 2.00. The number of benzene rings is 1. The van der Waals surface area contributed by atoms with E-state index in [4.69, 9.17) is 0 Å². The van der Waals surface area contributed by atoms with Crippen LogP contribution in [0.25, 0.3) is 5.52 Å². The van der Waals surface area contributed by atoms with E-state index in [0.29, 0.717) is 11.8 Å². The van der Waals surface area contributed by atoms with Crippen LogP contribution in [-0.4, -0.2) is 31.6 Å². The molecule has 1 saturated carbocycles. The first-order chi connectivity index (χ1) is 13.6. The highest BCUT2D eigenvalue weighted by Gasteiger charge is 2.31. The molecule has 4 rings (SSSR count). The largest absolute Gasteiger partial charge is 0.465 e. The summed E-state index contributed by atoms with van der Waals surface area (Å²) in [6, 6.07) is 10.1. The van der Waals surface area contributed by atoms with Crippen molar-refractivity contribution in [3.63, 3.8) is 0 Å². The van der Waals surface area contributed by atoms with Gasteiger partial charge in [0.1, 0.15) is 5.82 Å². The zero-order valence-electron chi connectivity index (χ0n) is 16.1. The van der Waals surface area contributed by atoms with Crippen molar-refractivity contribution in [1.29, 1.82) is 0 Å². The highest BCUT2D eigenvalue weighted by atomic mass is 16.4. The second-order valence-corrected chi connectivity index (χ2v) is 7.74. The van der Waals surface area contributed by atoms with Gasteiger partial charge in [-0.05, 0) is 50.5 Å². The molecular formula is C22H26N4O2. The fourth-order valence-electron chi connectivity index (χ4n) is 4.52. The zero-order chi connectivity index (χ0) is 19.5. The first-order valence-electron chi connectivity index (χ1n) is 9.93. The van der Waals surface area contributed by atoms with E-state index in [-0.39, 0.29) is 6.04 Å². The Morgan fingerprint density at radius 2 is 1.96 bits per heavy atom. The van der Waals surface area contributed by atoms with Gasteiger partial charge in [0.15, 0.2) is 0 Å². The van der Waals surface area contributed by atoms with Crippen LogP contribution in [0, 0.1) is 12.8 Å². The van der Waals surface area contributed by atoms with Crippen LogP contribution in [0.2, 0.25) is 0 Å². The zero-order valence-corrected chi connectivity index (χ0v) is 16.1. The van der Waals surface area contributed by atoms with Gasteiger partial charge >= 0.3 is 6.09 Å². The van der Waals surface area contributed by atoms with Crippen LogP contribution in [0.3, 0.4) is 0 Å². The maximum atomic E-state index is 11.3. The van der Waals surface area contributed by atoms with Crippen LogP contribution in [0.5, 0.6) is 0 Å². The van der Waals surface area contributed by atoms with Gasteiger partial charge in [-0.25, -0.2) is 9.78 Å². The Labute approximate surface area is 164 Å². The van der Waals surface area contributed by atoms with Crippen LogP contribution < -0.4 is 5.32 Å². The van der Waals surface area contributed by atoms with Gasteiger partial charge in [0, 0.05) is 24.4 Å². The summed E-state index contributed by atoms with van der Waals surface area (Å²) in [5, 5.41) is 12.1. The van der Waals surface area contributed by atoms with Crippen LogP contribution in [0.1, 0.15) is 48.7 Å². The number of imidazole rings is 1. The van der Waals surface area contributed by atoms with Crippen LogP contribution >= 0.6 is 0 Å². The van der Waals surface area contributed by atoms with Gasteiger partial charge in [-0.15, -0.1) is 0 Å². The molecule has 6 heteroatoms. The van der Waals surface area contributed by atoms with Gasteiger partial charge in [-0.3, -0.25) is 4.98 Å². The number of fused-ring (bicyclic) bond motifs is 1. The van der Waals surface area contributed by atoms with E-state index in [1.165, 1.54) is 5.56 Å². The van der Waals surface area contributed by atoms with E-state index < -0.39 is 6.09 Å². The minimum absolute atomic E-state index is 0.0516. The maximum absolute atomic E-state index is 11.3. The predicted octanol–water partition coefficient (Wildman–Crippen LogP) is 4.19. The van der Waals surface area contributed by atoms with Crippen molar-refractivity contribution in [3.8, 4) is 0 Å². The molecule has 2 N–H and O–H groups in total. The Balaban J connectivity index is 1.46. The summed E-state index contributed by atoms with van der Waals surface area (Å²) in [5.41, 5.74) is 3.23. The smallest absolute Gasteiger partial charge is 0.404 e. The van der Waals surface area contributed by atoms with Gasteiger partial charge in [0.25, 0.3) is 0 Å². The molecule has 3 aromatic rings. The van der Waals surface area contributed by atoms with Crippen molar-refractivity contribution in [2.75, 3.05) is 0 Å². The van der Waals surface area contributed by atoms with Crippen molar-refractivity contribution < 1.29 is 9.90 Å². The second-order valence-electron chi connectivity index (χ2n) is 7.74. The lowest BCUT2D eigenvalue weighted by Crippen LogP contribution is -2.42. The standard InChI is InChI=1S/C22H26N4O2/c1-15-20-14-24-21(26(20)12-11-23-15)18-9-7-17(8-10-18)19(25-22(27)28)13-16-5-3-2-4-6-16/h2-6,11-12,14,17-19,25H,7-10,13H2,1H3,(H,27,28)/t17-,18-,19?. The molecule has 1 aromatic carbocycles. The fourth-order valence-corrected chi connectivity index (χ4v) is 4.52. The van der Waals surface area contributed by atoms with Gasteiger partial charge in [-0.2, -0.15) is 0 Å². The van der Waals surface area contributed by atoms with E-state index in [1.807, 2.05) is 43.7 Å². The number of aryl methyl sites for hydroxylation is 1. The van der Waals surface area contributed by atoms with Gasteiger partial charge in [-0.1, -0.05) is 30.3 Å². The molecule has 0 spiro atoms. The van der Waals surface area contributed by atoms with Crippen molar-refractivity contribution in [2.45, 2.75) is 51.0 Å². The average Bonchev–Trinajstić information content (AvgIpc) is 3.14. The van der Waals surface area contributed by atoms with Gasteiger partial charge in [0.05, 0.1) is 17.4 Å². The van der Waals surface area contributed by atoms with Crippen molar-refractivity contribution in [1.82, 2.24) is 19.7 Å². The molecule has 0 saturated heterocycles. The summed E-state index contributed by atoms with van der Waals surface area (Å²) in [7, 11) is 0. The Morgan fingerprint density at radius 1 is 1.21 bits per heavy atom. The van der Waals surface area contributed by atoms with Gasteiger partial charge < -0.3 is 14.8 Å². The monoisotopic (exact) mass is 378 g/mol. The second kappa shape index (κ2) is 8.00. The summed E-state index contributed by atoms with van der Waals surface area (Å²) < 4.78 is 2.16. The lowest BCUT2D eigenvalue weighted by atomic mass is 9.76. The molecule has 2 heterocycles. The quantitative estimate of drug-likeness (QED) is 0.698. The number of aromatic nitrogens is 3. The Hall–Kier alpha value is -2.89. The molecule has 1 aliphatic rings. The Kier molecular flexibility index (Phi) is 5.28. The summed E-state index contributed by atoms with van der Waals surface area (Å²) in [5.74, 6) is 1.86. The van der Waals surface area contributed by atoms with Gasteiger partial charge in [0.2, 0.25) is 0 Å². The molecule has 6 nitrogen and oxygen atoms in total. The van der Waals surface area contributed by atoms with E-state index in [1.54, 1.807) is 0 Å². The van der Waals surface area contributed by atoms with Crippen LogP contribution in [-0.2, 0) is 6.42 Å². The molecule has 1 amide bonds. The SMILES string of the molecule is Cc1nccn2c1cnc2[C@H]1CC[C@H](C(Cc2ccccc2)NC(=O)O)CC1. The Morgan fingerprint density at radius 3 is 2.68 bits per heavy atom. The third-order valence-electron chi connectivity index (χ3n) is 5.99.